The minimum absolute atomic E-state index is 0.548. The van der Waals surface area contributed by atoms with Crippen molar-refractivity contribution in [2.24, 2.45) is 15.9 Å². The van der Waals surface area contributed by atoms with Crippen LogP contribution in [0.3, 0.4) is 0 Å². The molecule has 2 rings (SSSR count). The molecule has 0 radical (unpaired) electrons. The average Bonchev–Trinajstić information content (AvgIpc) is 2.32. The molecule has 1 aromatic rings. The van der Waals surface area contributed by atoms with Crippen molar-refractivity contribution < 1.29 is 0 Å². The van der Waals surface area contributed by atoms with Crippen LogP contribution >= 0.6 is 11.8 Å². The van der Waals surface area contributed by atoms with Crippen LogP contribution in [0.5, 0.6) is 0 Å². The highest BCUT2D eigenvalue weighted by atomic mass is 32.2. The van der Waals surface area contributed by atoms with E-state index in [1.165, 1.54) is 23.7 Å². The highest BCUT2D eigenvalue weighted by Crippen LogP contribution is 2.14. The lowest BCUT2D eigenvalue weighted by Crippen LogP contribution is -2.16. The highest BCUT2D eigenvalue weighted by molar-refractivity contribution is 8.14. The summed E-state index contributed by atoms with van der Waals surface area (Å²) in [5.74, 6) is 0.808. The Hall–Kier alpha value is -1.29. The minimum atomic E-state index is 0.548. The molecular formula is C12H15N3S. The van der Waals surface area contributed by atoms with Gasteiger partial charge in [0.25, 0.3) is 0 Å². The van der Waals surface area contributed by atoms with E-state index in [9.17, 15) is 0 Å². The minimum Gasteiger partial charge on any atom is -0.377 e. The maximum absolute atomic E-state index is 5.54. The largest absolute Gasteiger partial charge is 0.377 e. The Morgan fingerprint density at radius 2 is 2.00 bits per heavy atom. The van der Waals surface area contributed by atoms with Gasteiger partial charge in [-0.1, -0.05) is 49.4 Å². The molecule has 1 aliphatic rings. The zero-order valence-electron chi connectivity index (χ0n) is 9.31. The number of aryl methyl sites for hydroxylation is 1. The smallest absolute Gasteiger partial charge is 0.180 e. The van der Waals surface area contributed by atoms with Gasteiger partial charge in [-0.05, 0) is 17.5 Å². The van der Waals surface area contributed by atoms with Gasteiger partial charge in [0.2, 0.25) is 0 Å². The van der Waals surface area contributed by atoms with E-state index >= 15 is 0 Å². The molecule has 84 valence electrons. The van der Waals surface area contributed by atoms with Crippen LogP contribution in [0, 0.1) is 0 Å². The molecular weight excluding hydrogens is 218 g/mol. The van der Waals surface area contributed by atoms with E-state index in [2.05, 4.69) is 41.4 Å². The van der Waals surface area contributed by atoms with Gasteiger partial charge in [0.15, 0.2) is 5.17 Å². The SMILES string of the molecule is CCCc1ccc(C2=NN=C(N)SC2)cc1. The Bertz CT molecular complexity index is 420. The van der Waals surface area contributed by atoms with Crippen molar-refractivity contribution in [1.82, 2.24) is 0 Å². The average molecular weight is 233 g/mol. The molecule has 0 unspecified atom stereocenters. The third kappa shape index (κ3) is 2.64. The van der Waals surface area contributed by atoms with Crippen molar-refractivity contribution in [2.45, 2.75) is 19.8 Å². The molecule has 1 aliphatic heterocycles. The van der Waals surface area contributed by atoms with E-state index in [1.807, 2.05) is 0 Å². The van der Waals surface area contributed by atoms with Crippen LogP contribution in [0.15, 0.2) is 34.5 Å². The zero-order valence-corrected chi connectivity index (χ0v) is 10.1. The molecule has 4 heteroatoms. The van der Waals surface area contributed by atoms with Crippen molar-refractivity contribution >= 4 is 22.6 Å². The predicted molar refractivity (Wildman–Crippen MR) is 71.1 cm³/mol. The van der Waals surface area contributed by atoms with Crippen LogP contribution in [-0.4, -0.2) is 16.6 Å². The molecule has 0 bridgehead atoms. The summed E-state index contributed by atoms with van der Waals surface area (Å²) < 4.78 is 0. The van der Waals surface area contributed by atoms with Gasteiger partial charge in [-0.15, -0.1) is 5.10 Å². The lowest BCUT2D eigenvalue weighted by atomic mass is 10.1. The Kier molecular flexibility index (Phi) is 3.62. The second kappa shape index (κ2) is 5.16. The second-order valence-electron chi connectivity index (χ2n) is 3.72. The number of nitrogens with zero attached hydrogens (tertiary/aromatic N) is 2. The summed E-state index contributed by atoms with van der Waals surface area (Å²) in [6.07, 6.45) is 2.31. The van der Waals surface area contributed by atoms with Crippen molar-refractivity contribution in [3.8, 4) is 0 Å². The first-order chi connectivity index (χ1) is 7.79. The lowest BCUT2D eigenvalue weighted by molar-refractivity contribution is 0.922. The molecule has 2 N–H and O–H groups in total. The third-order valence-corrected chi connectivity index (χ3v) is 3.25. The lowest BCUT2D eigenvalue weighted by Gasteiger charge is -2.09. The first-order valence-corrected chi connectivity index (χ1v) is 6.40. The molecule has 0 saturated carbocycles. The monoisotopic (exact) mass is 233 g/mol. The number of nitrogens with two attached hydrogens (primary N) is 1. The van der Waals surface area contributed by atoms with Crippen LogP contribution in [0.2, 0.25) is 0 Å². The fourth-order valence-corrected chi connectivity index (χ4v) is 2.21. The Balaban J connectivity index is 2.16. The summed E-state index contributed by atoms with van der Waals surface area (Å²) in [4.78, 5) is 0. The van der Waals surface area contributed by atoms with Gasteiger partial charge < -0.3 is 5.73 Å². The van der Waals surface area contributed by atoms with Crippen LogP contribution in [-0.2, 0) is 6.42 Å². The predicted octanol–water partition coefficient (Wildman–Crippen LogP) is 2.40. The summed E-state index contributed by atoms with van der Waals surface area (Å²) in [5.41, 5.74) is 9.06. The van der Waals surface area contributed by atoms with Gasteiger partial charge in [-0.25, -0.2) is 0 Å². The van der Waals surface area contributed by atoms with Gasteiger partial charge in [0.1, 0.15) is 0 Å². The van der Waals surface area contributed by atoms with E-state index in [4.69, 9.17) is 5.73 Å². The van der Waals surface area contributed by atoms with Crippen molar-refractivity contribution in [3.05, 3.63) is 35.4 Å². The molecule has 1 aromatic carbocycles. The number of rotatable bonds is 3. The zero-order chi connectivity index (χ0) is 11.4. The fraction of sp³-hybridized carbons (Fsp3) is 0.333. The van der Waals surface area contributed by atoms with Crippen LogP contribution in [0.4, 0.5) is 0 Å². The second-order valence-corrected chi connectivity index (χ2v) is 4.72. The van der Waals surface area contributed by atoms with Crippen LogP contribution in [0.1, 0.15) is 24.5 Å². The normalized spacial score (nSPS) is 15.6. The summed E-state index contributed by atoms with van der Waals surface area (Å²) >= 11 is 1.53. The molecule has 16 heavy (non-hydrogen) atoms. The standard InChI is InChI=1S/C12H15N3S/c1-2-3-9-4-6-10(7-5-9)11-8-16-12(13)15-14-11/h4-7H,2-3,8H2,1H3,(H2,13,15). The summed E-state index contributed by atoms with van der Waals surface area (Å²) in [7, 11) is 0. The van der Waals surface area contributed by atoms with E-state index in [0.717, 1.165) is 23.4 Å². The summed E-state index contributed by atoms with van der Waals surface area (Å²) in [6, 6.07) is 8.55. The number of hydrogen-bond acceptors (Lipinski definition) is 4. The van der Waals surface area contributed by atoms with Gasteiger partial charge >= 0.3 is 0 Å². The Labute approximate surface area is 99.8 Å². The van der Waals surface area contributed by atoms with Gasteiger partial charge in [0.05, 0.1) is 5.71 Å². The van der Waals surface area contributed by atoms with E-state index < -0.39 is 0 Å². The third-order valence-electron chi connectivity index (χ3n) is 2.45. The molecule has 0 aliphatic carbocycles. The van der Waals surface area contributed by atoms with E-state index in [0.29, 0.717) is 5.17 Å². The highest BCUT2D eigenvalue weighted by Gasteiger charge is 2.09. The van der Waals surface area contributed by atoms with Crippen molar-refractivity contribution in [3.63, 3.8) is 0 Å². The van der Waals surface area contributed by atoms with Crippen LogP contribution < -0.4 is 5.73 Å². The van der Waals surface area contributed by atoms with Gasteiger partial charge in [-0.2, -0.15) is 5.10 Å². The quantitative estimate of drug-likeness (QED) is 0.871. The molecule has 0 atom stereocenters. The Morgan fingerprint density at radius 1 is 1.25 bits per heavy atom. The molecule has 0 spiro atoms. The first kappa shape index (κ1) is 11.2. The van der Waals surface area contributed by atoms with Crippen LogP contribution in [0.25, 0.3) is 0 Å². The Morgan fingerprint density at radius 3 is 2.56 bits per heavy atom. The molecule has 0 amide bonds. The maximum Gasteiger partial charge on any atom is 0.180 e. The molecule has 1 heterocycles. The molecule has 0 fully saturated rings. The summed E-state index contributed by atoms with van der Waals surface area (Å²) in [6.45, 7) is 2.19. The van der Waals surface area contributed by atoms with Gasteiger partial charge in [0, 0.05) is 5.75 Å². The topological polar surface area (TPSA) is 50.7 Å². The van der Waals surface area contributed by atoms with Crippen molar-refractivity contribution in [2.75, 3.05) is 5.75 Å². The van der Waals surface area contributed by atoms with E-state index in [-0.39, 0.29) is 0 Å². The molecule has 0 saturated heterocycles. The number of benzene rings is 1. The first-order valence-electron chi connectivity index (χ1n) is 5.41. The maximum atomic E-state index is 5.54. The number of amidine groups is 1. The van der Waals surface area contributed by atoms with Crippen molar-refractivity contribution in [1.29, 1.82) is 0 Å². The molecule has 0 aromatic heterocycles. The number of thioether (sulfide) groups is 1. The molecule has 3 nitrogen and oxygen atoms in total. The van der Waals surface area contributed by atoms with Gasteiger partial charge in [-0.3, -0.25) is 0 Å². The summed E-state index contributed by atoms with van der Waals surface area (Å²) in [5, 5.41) is 8.55. The van der Waals surface area contributed by atoms with E-state index in [1.54, 1.807) is 0 Å². The number of hydrogen-bond donors (Lipinski definition) is 1. The fourth-order valence-electron chi connectivity index (χ4n) is 1.60.